The molecular formula is C24H24FN3O2. The van der Waals surface area contributed by atoms with E-state index < -0.39 is 0 Å². The third-order valence-corrected chi connectivity index (χ3v) is 5.34. The number of halogens is 1. The number of ether oxygens (including phenoxy) is 1. The smallest absolute Gasteiger partial charge is 0.270 e. The van der Waals surface area contributed by atoms with Gasteiger partial charge in [-0.25, -0.2) is 4.39 Å². The van der Waals surface area contributed by atoms with Crippen LogP contribution in [0.1, 0.15) is 22.5 Å². The summed E-state index contributed by atoms with van der Waals surface area (Å²) in [4.78, 5) is 18.7. The van der Waals surface area contributed by atoms with Gasteiger partial charge in [-0.15, -0.1) is 0 Å². The van der Waals surface area contributed by atoms with Crippen molar-refractivity contribution in [2.45, 2.75) is 19.0 Å². The number of rotatable bonds is 6. The summed E-state index contributed by atoms with van der Waals surface area (Å²) < 4.78 is 19.0. The number of carbonyl (C=O) groups is 1. The molecule has 1 atom stereocenters. The number of methoxy groups -OCH3 is 1. The summed E-state index contributed by atoms with van der Waals surface area (Å²) in [5, 5.41) is 3.07. The molecule has 2 heterocycles. The first-order valence-electron chi connectivity index (χ1n) is 9.99. The first-order chi connectivity index (χ1) is 14.6. The average molecular weight is 405 g/mol. The van der Waals surface area contributed by atoms with E-state index in [1.54, 1.807) is 31.5 Å². The number of hydrogen-bond donors (Lipinski definition) is 1. The van der Waals surface area contributed by atoms with Crippen molar-refractivity contribution in [1.29, 1.82) is 0 Å². The molecule has 1 unspecified atom stereocenters. The van der Waals surface area contributed by atoms with E-state index in [0.29, 0.717) is 11.4 Å². The number of likely N-dealkylation sites (tertiary alicyclic amines) is 1. The molecule has 4 rings (SSSR count). The number of aromatic nitrogens is 1. The van der Waals surface area contributed by atoms with Crippen LogP contribution in [0.25, 0.3) is 11.1 Å². The summed E-state index contributed by atoms with van der Waals surface area (Å²) in [5.74, 6) is 0.233. The molecule has 0 bridgehead atoms. The van der Waals surface area contributed by atoms with Crippen molar-refractivity contribution in [2.75, 3.05) is 20.2 Å². The van der Waals surface area contributed by atoms with Gasteiger partial charge < -0.3 is 10.1 Å². The standard InChI is InChI=1S/C24H24FN3O2/c1-30-23-10-9-19(25)14-21(23)18-7-5-17(6-8-18)15-28-13-11-20(16-28)27-24(29)22-4-2-3-12-26-22/h2-10,12,14,20H,11,13,15-16H2,1H3,(H,27,29). The van der Waals surface area contributed by atoms with E-state index >= 15 is 0 Å². The second-order valence-electron chi connectivity index (χ2n) is 7.45. The Balaban J connectivity index is 1.35. The normalized spacial score (nSPS) is 16.4. The predicted octanol–water partition coefficient (Wildman–Crippen LogP) is 3.90. The number of amides is 1. The second kappa shape index (κ2) is 9.05. The van der Waals surface area contributed by atoms with Gasteiger partial charge in [-0.05, 0) is 47.9 Å². The van der Waals surface area contributed by atoms with Crippen molar-refractivity contribution in [3.63, 3.8) is 0 Å². The molecule has 3 aromatic rings. The maximum absolute atomic E-state index is 13.7. The minimum Gasteiger partial charge on any atom is -0.496 e. The van der Waals surface area contributed by atoms with Gasteiger partial charge in [-0.2, -0.15) is 0 Å². The summed E-state index contributed by atoms with van der Waals surface area (Å²) >= 11 is 0. The quantitative estimate of drug-likeness (QED) is 0.676. The predicted molar refractivity (Wildman–Crippen MR) is 114 cm³/mol. The molecule has 0 aliphatic carbocycles. The molecule has 0 saturated carbocycles. The highest BCUT2D eigenvalue weighted by Crippen LogP contribution is 2.31. The van der Waals surface area contributed by atoms with Crippen molar-refractivity contribution in [3.8, 4) is 16.9 Å². The van der Waals surface area contributed by atoms with E-state index in [1.807, 2.05) is 18.2 Å². The summed E-state index contributed by atoms with van der Waals surface area (Å²) in [6.07, 6.45) is 2.54. The number of benzene rings is 2. The summed E-state index contributed by atoms with van der Waals surface area (Å²) in [5.41, 5.74) is 3.27. The van der Waals surface area contributed by atoms with Gasteiger partial charge in [-0.1, -0.05) is 30.3 Å². The fraction of sp³-hybridized carbons (Fsp3) is 0.250. The Kier molecular flexibility index (Phi) is 6.05. The Bertz CT molecular complexity index is 1010. The fourth-order valence-corrected chi connectivity index (χ4v) is 3.80. The molecule has 1 fully saturated rings. The SMILES string of the molecule is COc1ccc(F)cc1-c1ccc(CN2CCC(NC(=O)c3ccccn3)C2)cc1. The third-order valence-electron chi connectivity index (χ3n) is 5.34. The van der Waals surface area contributed by atoms with Crippen LogP contribution in [0.15, 0.2) is 66.9 Å². The number of carbonyl (C=O) groups excluding carboxylic acids is 1. The molecule has 1 N–H and O–H groups in total. The molecule has 1 saturated heterocycles. The van der Waals surface area contributed by atoms with Crippen LogP contribution >= 0.6 is 0 Å². The van der Waals surface area contributed by atoms with E-state index in [2.05, 4.69) is 27.3 Å². The largest absolute Gasteiger partial charge is 0.496 e. The van der Waals surface area contributed by atoms with Crippen molar-refractivity contribution >= 4 is 5.91 Å². The topological polar surface area (TPSA) is 54.5 Å². The molecule has 2 aromatic carbocycles. The summed E-state index contributed by atoms with van der Waals surface area (Å²) in [6, 6.07) is 18.1. The Morgan fingerprint density at radius 3 is 2.77 bits per heavy atom. The maximum atomic E-state index is 13.7. The molecule has 1 aromatic heterocycles. The van der Waals surface area contributed by atoms with Crippen LogP contribution in [0.5, 0.6) is 5.75 Å². The van der Waals surface area contributed by atoms with Gasteiger partial charge in [0.25, 0.3) is 5.91 Å². The Morgan fingerprint density at radius 2 is 2.03 bits per heavy atom. The van der Waals surface area contributed by atoms with Gasteiger partial charge in [0.2, 0.25) is 0 Å². The zero-order valence-electron chi connectivity index (χ0n) is 16.8. The first kappa shape index (κ1) is 20.0. The van der Waals surface area contributed by atoms with Crippen LogP contribution in [0.4, 0.5) is 4.39 Å². The number of nitrogens with zero attached hydrogens (tertiary/aromatic N) is 2. The van der Waals surface area contributed by atoms with Crippen molar-refractivity contribution in [2.24, 2.45) is 0 Å². The molecule has 1 amide bonds. The van der Waals surface area contributed by atoms with Crippen LogP contribution in [0.3, 0.4) is 0 Å². The monoisotopic (exact) mass is 405 g/mol. The van der Waals surface area contributed by atoms with Crippen molar-refractivity contribution < 1.29 is 13.9 Å². The van der Waals surface area contributed by atoms with Gasteiger partial charge in [0.1, 0.15) is 17.3 Å². The van der Waals surface area contributed by atoms with Crippen LogP contribution in [-0.4, -0.2) is 42.0 Å². The van der Waals surface area contributed by atoms with Gasteiger partial charge in [-0.3, -0.25) is 14.7 Å². The highest BCUT2D eigenvalue weighted by Gasteiger charge is 2.24. The van der Waals surface area contributed by atoms with E-state index in [1.165, 1.54) is 17.7 Å². The number of nitrogens with one attached hydrogen (secondary N) is 1. The molecule has 1 aliphatic heterocycles. The number of pyridine rings is 1. The fourth-order valence-electron chi connectivity index (χ4n) is 3.80. The zero-order valence-corrected chi connectivity index (χ0v) is 16.8. The molecule has 154 valence electrons. The van der Waals surface area contributed by atoms with E-state index in [4.69, 9.17) is 4.74 Å². The highest BCUT2D eigenvalue weighted by atomic mass is 19.1. The zero-order chi connectivity index (χ0) is 20.9. The van der Waals surface area contributed by atoms with Crippen LogP contribution in [0.2, 0.25) is 0 Å². The van der Waals surface area contributed by atoms with Crippen molar-refractivity contribution in [1.82, 2.24) is 15.2 Å². The van der Waals surface area contributed by atoms with Crippen LogP contribution in [-0.2, 0) is 6.54 Å². The summed E-state index contributed by atoms with van der Waals surface area (Å²) in [6.45, 7) is 2.53. The molecule has 5 nitrogen and oxygen atoms in total. The van der Waals surface area contributed by atoms with Crippen LogP contribution in [0, 0.1) is 5.82 Å². The minimum absolute atomic E-state index is 0.121. The third kappa shape index (κ3) is 4.66. The molecule has 1 aliphatic rings. The maximum Gasteiger partial charge on any atom is 0.270 e. The van der Waals surface area contributed by atoms with Gasteiger partial charge in [0.15, 0.2) is 0 Å². The lowest BCUT2D eigenvalue weighted by Crippen LogP contribution is -2.37. The molecule has 0 radical (unpaired) electrons. The van der Waals surface area contributed by atoms with Crippen molar-refractivity contribution in [3.05, 3.63) is 83.9 Å². The van der Waals surface area contributed by atoms with Gasteiger partial charge in [0, 0.05) is 37.4 Å². The van der Waals surface area contributed by atoms with Crippen LogP contribution < -0.4 is 10.1 Å². The lowest BCUT2D eigenvalue weighted by atomic mass is 10.0. The Hall–Kier alpha value is -3.25. The van der Waals surface area contributed by atoms with E-state index in [0.717, 1.165) is 37.2 Å². The lowest BCUT2D eigenvalue weighted by Gasteiger charge is -2.17. The van der Waals surface area contributed by atoms with Gasteiger partial charge in [0.05, 0.1) is 7.11 Å². The Labute approximate surface area is 175 Å². The van der Waals surface area contributed by atoms with E-state index in [9.17, 15) is 9.18 Å². The molecule has 30 heavy (non-hydrogen) atoms. The lowest BCUT2D eigenvalue weighted by molar-refractivity contribution is 0.0932. The second-order valence-corrected chi connectivity index (χ2v) is 7.45. The summed E-state index contributed by atoms with van der Waals surface area (Å²) in [7, 11) is 1.58. The molecule has 6 heteroatoms. The minimum atomic E-state index is -0.286. The Morgan fingerprint density at radius 1 is 1.20 bits per heavy atom. The van der Waals surface area contributed by atoms with Gasteiger partial charge >= 0.3 is 0 Å². The molecule has 0 spiro atoms. The number of hydrogen-bond acceptors (Lipinski definition) is 4. The highest BCUT2D eigenvalue weighted by molar-refractivity contribution is 5.92. The molecular weight excluding hydrogens is 381 g/mol. The first-order valence-corrected chi connectivity index (χ1v) is 9.99. The average Bonchev–Trinajstić information content (AvgIpc) is 3.21. The van der Waals surface area contributed by atoms with E-state index in [-0.39, 0.29) is 17.8 Å².